The smallest absolute Gasteiger partial charge is 0.266 e. The van der Waals surface area contributed by atoms with Gasteiger partial charge in [0.1, 0.15) is 29.7 Å². The summed E-state index contributed by atoms with van der Waals surface area (Å²) in [6.07, 6.45) is 3.71. The van der Waals surface area contributed by atoms with E-state index in [1.54, 1.807) is 24.3 Å². The Hall–Kier alpha value is -4.56. The molecule has 0 heterocycles. The number of carbonyl (C=O) groups is 1. The highest BCUT2D eigenvalue weighted by Gasteiger charge is 2.24. The van der Waals surface area contributed by atoms with Crippen LogP contribution in [0.5, 0.6) is 11.5 Å². The minimum atomic E-state index is -0.453. The molecule has 0 aromatic heterocycles. The zero-order chi connectivity index (χ0) is 26.2. The van der Waals surface area contributed by atoms with Crippen LogP contribution < -0.4 is 14.8 Å². The van der Waals surface area contributed by atoms with Crippen molar-refractivity contribution in [1.82, 2.24) is 0 Å². The number of ether oxygens (including phenoxy) is 2. The van der Waals surface area contributed by atoms with Gasteiger partial charge in [0.2, 0.25) is 0 Å². The van der Waals surface area contributed by atoms with Crippen LogP contribution in [0.25, 0.3) is 0 Å². The first kappa shape index (κ1) is 25.5. The molecule has 1 aliphatic carbocycles. The number of rotatable bonds is 9. The molecule has 0 bridgehead atoms. The average Bonchev–Trinajstić information content (AvgIpc) is 3.19. The van der Waals surface area contributed by atoms with E-state index in [9.17, 15) is 10.1 Å². The summed E-state index contributed by atoms with van der Waals surface area (Å²) in [6, 6.07) is 27.4. The summed E-state index contributed by atoms with van der Waals surface area (Å²) in [4.78, 5) is 12.8. The van der Waals surface area contributed by atoms with E-state index in [2.05, 4.69) is 30.4 Å². The van der Waals surface area contributed by atoms with E-state index in [0.29, 0.717) is 24.7 Å². The van der Waals surface area contributed by atoms with Gasteiger partial charge in [-0.05, 0) is 67.8 Å². The predicted molar refractivity (Wildman–Crippen MR) is 146 cm³/mol. The third kappa shape index (κ3) is 6.36. The van der Waals surface area contributed by atoms with Crippen molar-refractivity contribution >= 4 is 11.6 Å². The molecule has 0 fully saturated rings. The van der Waals surface area contributed by atoms with Crippen LogP contribution in [0.3, 0.4) is 0 Å². The van der Waals surface area contributed by atoms with Gasteiger partial charge in [0.15, 0.2) is 0 Å². The van der Waals surface area contributed by atoms with Crippen molar-refractivity contribution in [3.63, 3.8) is 0 Å². The fourth-order valence-electron chi connectivity index (χ4n) is 4.45. The largest absolute Gasteiger partial charge is 0.494 e. The Bertz CT molecular complexity index is 1390. The summed E-state index contributed by atoms with van der Waals surface area (Å²) >= 11 is 0. The van der Waals surface area contributed by atoms with Gasteiger partial charge in [-0.2, -0.15) is 5.26 Å². The Morgan fingerprint density at radius 1 is 0.973 bits per heavy atom. The molecule has 5 heteroatoms. The third-order valence-corrected chi connectivity index (χ3v) is 6.26. The van der Waals surface area contributed by atoms with Gasteiger partial charge in [-0.25, -0.2) is 0 Å². The van der Waals surface area contributed by atoms with E-state index in [1.165, 1.54) is 0 Å². The van der Waals surface area contributed by atoms with Crippen molar-refractivity contribution in [3.8, 4) is 17.6 Å². The lowest BCUT2D eigenvalue weighted by atomic mass is 9.89. The topological polar surface area (TPSA) is 71.3 Å². The highest BCUT2D eigenvalue weighted by Crippen LogP contribution is 2.40. The van der Waals surface area contributed by atoms with Crippen molar-refractivity contribution < 1.29 is 14.3 Å². The molecule has 1 amide bonds. The van der Waals surface area contributed by atoms with Gasteiger partial charge < -0.3 is 14.8 Å². The van der Waals surface area contributed by atoms with Gasteiger partial charge in [-0.3, -0.25) is 4.79 Å². The number of nitriles is 1. The number of carbonyl (C=O) groups excluding carboxylic acids is 1. The average molecular weight is 491 g/mol. The number of benzene rings is 3. The third-order valence-electron chi connectivity index (χ3n) is 6.26. The van der Waals surface area contributed by atoms with Gasteiger partial charge in [0, 0.05) is 17.7 Å². The van der Waals surface area contributed by atoms with E-state index in [-0.39, 0.29) is 11.5 Å². The molecule has 37 heavy (non-hydrogen) atoms. The van der Waals surface area contributed by atoms with Crippen LogP contribution in [0.1, 0.15) is 37.8 Å². The van der Waals surface area contributed by atoms with Crippen molar-refractivity contribution in [3.05, 3.63) is 124 Å². The molecule has 3 aromatic rings. The molecule has 0 saturated heterocycles. The number of amides is 1. The fourth-order valence-corrected chi connectivity index (χ4v) is 4.45. The minimum Gasteiger partial charge on any atom is -0.494 e. The lowest BCUT2D eigenvalue weighted by molar-refractivity contribution is -0.112. The number of nitrogens with one attached hydrogen (secondary N) is 1. The Morgan fingerprint density at radius 3 is 2.43 bits per heavy atom. The highest BCUT2D eigenvalue weighted by atomic mass is 16.5. The Kier molecular flexibility index (Phi) is 8.22. The van der Waals surface area contributed by atoms with Crippen LogP contribution in [0.15, 0.2) is 113 Å². The van der Waals surface area contributed by atoms with E-state index < -0.39 is 5.91 Å². The van der Waals surface area contributed by atoms with E-state index in [0.717, 1.165) is 33.6 Å². The summed E-state index contributed by atoms with van der Waals surface area (Å²) in [5.74, 6) is 1.10. The van der Waals surface area contributed by atoms with Gasteiger partial charge in [-0.1, -0.05) is 65.8 Å². The van der Waals surface area contributed by atoms with Crippen LogP contribution in [-0.2, 0) is 11.4 Å². The first-order valence-corrected chi connectivity index (χ1v) is 12.3. The Morgan fingerprint density at radius 2 is 1.73 bits per heavy atom. The molecule has 1 atom stereocenters. The second kappa shape index (κ2) is 11.9. The maximum atomic E-state index is 12.8. The fraction of sp³-hybridized carbons (Fsp3) is 0.188. The monoisotopic (exact) mass is 490 g/mol. The van der Waals surface area contributed by atoms with Crippen molar-refractivity contribution in [2.24, 2.45) is 0 Å². The SMILES string of the molecule is CCOc1cccc(NC(=O)/C(C#N)=C\C2=C(C)[C@H](c3ccc(OCc4ccccc4)cc3)C(C)=C2)c1. The zero-order valence-electron chi connectivity index (χ0n) is 21.3. The molecule has 0 radical (unpaired) electrons. The molecule has 4 rings (SSSR count). The minimum absolute atomic E-state index is 0.0468. The van der Waals surface area contributed by atoms with Crippen molar-refractivity contribution in [2.75, 3.05) is 11.9 Å². The second-order valence-electron chi connectivity index (χ2n) is 8.89. The van der Waals surface area contributed by atoms with Crippen LogP contribution in [0.2, 0.25) is 0 Å². The van der Waals surface area contributed by atoms with Gasteiger partial charge in [-0.15, -0.1) is 0 Å². The van der Waals surface area contributed by atoms with Crippen molar-refractivity contribution in [1.29, 1.82) is 5.26 Å². The highest BCUT2D eigenvalue weighted by molar-refractivity contribution is 6.07. The summed E-state index contributed by atoms with van der Waals surface area (Å²) in [7, 11) is 0. The molecule has 5 nitrogen and oxygen atoms in total. The number of nitrogens with zero attached hydrogens (tertiary/aromatic N) is 1. The zero-order valence-corrected chi connectivity index (χ0v) is 21.3. The van der Waals surface area contributed by atoms with E-state index >= 15 is 0 Å². The van der Waals surface area contributed by atoms with Gasteiger partial charge in [0.05, 0.1) is 6.61 Å². The first-order valence-electron chi connectivity index (χ1n) is 12.3. The molecule has 0 saturated carbocycles. The molecule has 3 aromatic carbocycles. The number of anilines is 1. The molecule has 186 valence electrons. The number of allylic oxidation sites excluding steroid dienone is 5. The Balaban J connectivity index is 1.47. The Labute approximate surface area is 218 Å². The second-order valence-corrected chi connectivity index (χ2v) is 8.89. The molecule has 0 spiro atoms. The van der Waals surface area contributed by atoms with Gasteiger partial charge >= 0.3 is 0 Å². The number of hydrogen-bond donors (Lipinski definition) is 1. The van der Waals surface area contributed by atoms with Crippen LogP contribution in [0, 0.1) is 11.3 Å². The van der Waals surface area contributed by atoms with Crippen LogP contribution in [0.4, 0.5) is 5.69 Å². The first-order chi connectivity index (χ1) is 18.0. The van der Waals surface area contributed by atoms with Gasteiger partial charge in [0.25, 0.3) is 5.91 Å². The van der Waals surface area contributed by atoms with E-state index in [4.69, 9.17) is 9.47 Å². The molecule has 0 aliphatic heterocycles. The standard InChI is InChI=1S/C32H30N2O3/c1-4-36-30-12-8-11-28(19-30)34-32(35)27(20-33)18-26-17-22(2)31(23(26)3)25-13-15-29(16-14-25)37-21-24-9-6-5-7-10-24/h5-19,31H,4,21H2,1-3H3,(H,34,35)/b27-18-/t31-/m1/s1. The molecule has 0 unspecified atom stereocenters. The predicted octanol–water partition coefficient (Wildman–Crippen LogP) is 7.11. The molecule has 1 N–H and O–H groups in total. The quantitative estimate of drug-likeness (QED) is 0.256. The number of hydrogen-bond acceptors (Lipinski definition) is 4. The molecular formula is C32H30N2O3. The maximum absolute atomic E-state index is 12.8. The molecule has 1 aliphatic rings. The summed E-state index contributed by atoms with van der Waals surface area (Å²) in [5.41, 5.74) is 6.01. The summed E-state index contributed by atoms with van der Waals surface area (Å²) in [6.45, 7) is 7.06. The summed E-state index contributed by atoms with van der Waals surface area (Å²) in [5, 5.41) is 12.5. The lowest BCUT2D eigenvalue weighted by Gasteiger charge is -2.16. The molecular weight excluding hydrogens is 460 g/mol. The van der Waals surface area contributed by atoms with Crippen LogP contribution >= 0.6 is 0 Å². The van der Waals surface area contributed by atoms with Crippen LogP contribution in [-0.4, -0.2) is 12.5 Å². The lowest BCUT2D eigenvalue weighted by Crippen LogP contribution is -2.13. The maximum Gasteiger partial charge on any atom is 0.266 e. The van der Waals surface area contributed by atoms with E-state index in [1.807, 2.05) is 68.5 Å². The normalized spacial score (nSPS) is 15.1. The summed E-state index contributed by atoms with van der Waals surface area (Å²) < 4.78 is 11.4. The van der Waals surface area contributed by atoms with Crippen molar-refractivity contribution in [2.45, 2.75) is 33.3 Å².